The molecule has 0 amide bonds. The fraction of sp³-hybridized carbons (Fsp3) is 0. The molecule has 0 aliphatic rings. The monoisotopic (exact) mass is 295 g/mol. The molecule has 0 atom stereocenters. The minimum atomic E-state index is -4.42. The molecule has 0 saturated heterocycles. The first-order valence-corrected chi connectivity index (χ1v) is 6.73. The van der Waals surface area contributed by atoms with Gasteiger partial charge in [-0.05, 0) is 24.3 Å². The van der Waals surface area contributed by atoms with Gasteiger partial charge in [-0.2, -0.15) is 13.7 Å². The number of nitrogens with zero attached hydrogens (tertiary/aromatic N) is 1. The standard InChI is InChI=1S/C13H7F2NO3S/c14-10-5-11(15)7-12(6-10)20(17,18)19-13-4-2-1-3-9(13)8-16/h1-7H. The number of benzene rings is 2. The number of rotatable bonds is 3. The number of nitriles is 1. The molecule has 0 heterocycles. The smallest absolute Gasteiger partial charge is 0.339 e. The summed E-state index contributed by atoms with van der Waals surface area (Å²) in [5.74, 6) is -2.29. The molecule has 0 bridgehead atoms. The third kappa shape index (κ3) is 2.92. The maximum atomic E-state index is 13.0. The van der Waals surface area contributed by atoms with Crippen molar-refractivity contribution in [1.29, 1.82) is 5.26 Å². The number of halogens is 2. The lowest BCUT2D eigenvalue weighted by molar-refractivity contribution is 0.482. The first-order chi connectivity index (χ1) is 9.42. The highest BCUT2D eigenvalue weighted by molar-refractivity contribution is 7.87. The highest BCUT2D eigenvalue weighted by atomic mass is 32.2. The quantitative estimate of drug-likeness (QED) is 0.816. The summed E-state index contributed by atoms with van der Waals surface area (Å²) < 4.78 is 54.6. The van der Waals surface area contributed by atoms with Crippen molar-refractivity contribution in [3.63, 3.8) is 0 Å². The molecule has 0 aliphatic carbocycles. The Labute approximate surface area is 114 Å². The summed E-state index contributed by atoms with van der Waals surface area (Å²) in [5.41, 5.74) is -0.00653. The number of hydrogen-bond donors (Lipinski definition) is 0. The van der Waals surface area contributed by atoms with Crippen LogP contribution in [0.5, 0.6) is 5.75 Å². The molecule has 0 unspecified atom stereocenters. The Kier molecular flexibility index (Phi) is 3.68. The molecule has 0 fully saturated rings. The highest BCUT2D eigenvalue weighted by Crippen LogP contribution is 2.23. The second-order valence-electron chi connectivity index (χ2n) is 3.75. The van der Waals surface area contributed by atoms with Crippen LogP contribution in [0.3, 0.4) is 0 Å². The molecule has 2 rings (SSSR count). The van der Waals surface area contributed by atoms with E-state index >= 15 is 0 Å². The Morgan fingerprint density at radius 1 is 1.05 bits per heavy atom. The molecule has 0 aliphatic heterocycles. The van der Waals surface area contributed by atoms with Gasteiger partial charge in [0.1, 0.15) is 22.6 Å². The zero-order valence-electron chi connectivity index (χ0n) is 9.88. The molecule has 4 nitrogen and oxygen atoms in total. The van der Waals surface area contributed by atoms with Crippen LogP contribution < -0.4 is 4.18 Å². The molecular formula is C13H7F2NO3S. The average Bonchev–Trinajstić information content (AvgIpc) is 2.38. The molecule has 2 aromatic rings. The van der Waals surface area contributed by atoms with Gasteiger partial charge in [0, 0.05) is 6.07 Å². The minimum absolute atomic E-state index is 0.00653. The summed E-state index contributed by atoms with van der Waals surface area (Å²) >= 11 is 0. The van der Waals surface area contributed by atoms with Crippen molar-refractivity contribution in [3.05, 3.63) is 59.7 Å². The van der Waals surface area contributed by atoms with Gasteiger partial charge in [0.2, 0.25) is 0 Å². The van der Waals surface area contributed by atoms with Crippen LogP contribution in [0.4, 0.5) is 8.78 Å². The molecule has 0 saturated carbocycles. The molecule has 0 spiro atoms. The van der Waals surface area contributed by atoms with Crippen LogP contribution in [-0.4, -0.2) is 8.42 Å². The molecule has 7 heteroatoms. The van der Waals surface area contributed by atoms with E-state index in [4.69, 9.17) is 9.44 Å². The van der Waals surface area contributed by atoms with E-state index in [1.54, 1.807) is 6.07 Å². The van der Waals surface area contributed by atoms with Crippen LogP contribution in [0.2, 0.25) is 0 Å². The van der Waals surface area contributed by atoms with E-state index in [1.165, 1.54) is 24.3 Å². The zero-order chi connectivity index (χ0) is 14.8. The topological polar surface area (TPSA) is 67.2 Å². The fourth-order valence-electron chi connectivity index (χ4n) is 1.47. The van der Waals surface area contributed by atoms with Gasteiger partial charge in [-0.15, -0.1) is 0 Å². The van der Waals surface area contributed by atoms with Gasteiger partial charge >= 0.3 is 10.1 Å². The van der Waals surface area contributed by atoms with Crippen molar-refractivity contribution in [3.8, 4) is 11.8 Å². The van der Waals surface area contributed by atoms with Crippen LogP contribution in [0.1, 0.15) is 5.56 Å². The molecule has 0 N–H and O–H groups in total. The van der Waals surface area contributed by atoms with Crippen LogP contribution in [0, 0.1) is 23.0 Å². The van der Waals surface area contributed by atoms with Crippen LogP contribution in [-0.2, 0) is 10.1 Å². The van der Waals surface area contributed by atoms with E-state index in [0.717, 1.165) is 0 Å². The first-order valence-electron chi connectivity index (χ1n) is 5.32. The van der Waals surface area contributed by atoms with E-state index in [1.807, 2.05) is 0 Å². The largest absolute Gasteiger partial charge is 0.378 e. The van der Waals surface area contributed by atoms with Gasteiger partial charge < -0.3 is 4.18 Å². The van der Waals surface area contributed by atoms with E-state index < -0.39 is 26.6 Å². The second-order valence-corrected chi connectivity index (χ2v) is 5.30. The summed E-state index contributed by atoms with van der Waals surface area (Å²) in [6.45, 7) is 0. The summed E-state index contributed by atoms with van der Waals surface area (Å²) in [5, 5.41) is 8.83. The molecule has 20 heavy (non-hydrogen) atoms. The van der Waals surface area contributed by atoms with Crippen LogP contribution in [0.15, 0.2) is 47.4 Å². The third-order valence-electron chi connectivity index (χ3n) is 2.33. The predicted octanol–water partition coefficient (Wildman–Crippen LogP) is 2.60. The van der Waals surface area contributed by atoms with E-state index in [0.29, 0.717) is 18.2 Å². The summed E-state index contributed by atoms with van der Waals surface area (Å²) in [6.07, 6.45) is 0. The highest BCUT2D eigenvalue weighted by Gasteiger charge is 2.20. The van der Waals surface area contributed by atoms with Gasteiger partial charge in [-0.3, -0.25) is 0 Å². The molecule has 0 aromatic heterocycles. The van der Waals surface area contributed by atoms with Crippen molar-refractivity contribution in [2.45, 2.75) is 4.90 Å². The van der Waals surface area contributed by atoms with Crippen molar-refractivity contribution in [2.24, 2.45) is 0 Å². The Hall–Kier alpha value is -2.46. The van der Waals surface area contributed by atoms with Crippen molar-refractivity contribution >= 4 is 10.1 Å². The number of para-hydroxylation sites is 1. The van der Waals surface area contributed by atoms with Gasteiger partial charge in [0.25, 0.3) is 0 Å². The van der Waals surface area contributed by atoms with Crippen LogP contribution >= 0.6 is 0 Å². The van der Waals surface area contributed by atoms with Crippen molar-refractivity contribution in [1.82, 2.24) is 0 Å². The SMILES string of the molecule is N#Cc1ccccc1OS(=O)(=O)c1cc(F)cc(F)c1. The lowest BCUT2D eigenvalue weighted by Crippen LogP contribution is -2.11. The molecular weight excluding hydrogens is 288 g/mol. The Bertz CT molecular complexity index is 777. The van der Waals surface area contributed by atoms with Crippen LogP contribution in [0.25, 0.3) is 0 Å². The van der Waals surface area contributed by atoms with E-state index in [-0.39, 0.29) is 11.3 Å². The zero-order valence-corrected chi connectivity index (χ0v) is 10.7. The van der Waals surface area contributed by atoms with E-state index in [2.05, 4.69) is 0 Å². The first kappa shape index (κ1) is 14.0. The normalized spacial score (nSPS) is 10.8. The lowest BCUT2D eigenvalue weighted by Gasteiger charge is -2.08. The third-order valence-corrected chi connectivity index (χ3v) is 3.54. The van der Waals surface area contributed by atoms with Gasteiger partial charge in [0.05, 0.1) is 5.56 Å². The van der Waals surface area contributed by atoms with E-state index in [9.17, 15) is 17.2 Å². The van der Waals surface area contributed by atoms with Gasteiger partial charge in [0.15, 0.2) is 5.75 Å². The molecule has 2 aromatic carbocycles. The second kappa shape index (κ2) is 5.27. The van der Waals surface area contributed by atoms with Gasteiger partial charge in [-0.25, -0.2) is 8.78 Å². The molecule has 0 radical (unpaired) electrons. The minimum Gasteiger partial charge on any atom is -0.378 e. The number of hydrogen-bond acceptors (Lipinski definition) is 4. The predicted molar refractivity (Wildman–Crippen MR) is 65.3 cm³/mol. The maximum absolute atomic E-state index is 13.0. The summed E-state index contributed by atoms with van der Waals surface area (Å²) in [4.78, 5) is -0.664. The average molecular weight is 295 g/mol. The summed E-state index contributed by atoms with van der Waals surface area (Å²) in [7, 11) is -4.42. The van der Waals surface area contributed by atoms with Gasteiger partial charge in [-0.1, -0.05) is 12.1 Å². The fourth-order valence-corrected chi connectivity index (χ4v) is 2.46. The molecule has 102 valence electrons. The van der Waals surface area contributed by atoms with Crippen molar-refractivity contribution < 1.29 is 21.4 Å². The maximum Gasteiger partial charge on any atom is 0.339 e. The summed E-state index contributed by atoms with van der Waals surface area (Å²) in [6, 6.07) is 9.19. The van der Waals surface area contributed by atoms with Crippen molar-refractivity contribution in [2.75, 3.05) is 0 Å². The Morgan fingerprint density at radius 3 is 2.25 bits per heavy atom. The Morgan fingerprint density at radius 2 is 1.65 bits per heavy atom. The lowest BCUT2D eigenvalue weighted by atomic mass is 10.2. The Balaban J connectivity index is 2.44.